The zero-order valence-electron chi connectivity index (χ0n) is 8.97. The molecule has 0 radical (unpaired) electrons. The third-order valence-electron chi connectivity index (χ3n) is 2.58. The van der Waals surface area contributed by atoms with E-state index in [9.17, 15) is 10.1 Å². The molecule has 0 aliphatic rings. The second-order valence-corrected chi connectivity index (χ2v) is 4.18. The molecule has 0 spiro atoms. The fourth-order valence-corrected chi connectivity index (χ4v) is 2.02. The summed E-state index contributed by atoms with van der Waals surface area (Å²) in [6, 6.07) is 10.8. The lowest BCUT2D eigenvalue weighted by molar-refractivity contribution is -0.481. The summed E-state index contributed by atoms with van der Waals surface area (Å²) >= 11 is 5.91. The van der Waals surface area contributed by atoms with Gasteiger partial charge in [0.1, 0.15) is 0 Å². The molecule has 88 valence electrons. The van der Waals surface area contributed by atoms with Gasteiger partial charge in [-0.05, 0) is 29.8 Å². The van der Waals surface area contributed by atoms with Crippen molar-refractivity contribution >= 4 is 11.6 Å². The topological polar surface area (TPSA) is 58.9 Å². The molecule has 5 heteroatoms. The number of aromatic nitrogens is 1. The zero-order chi connectivity index (χ0) is 12.3. The highest BCUT2D eigenvalue weighted by Crippen LogP contribution is 2.25. The largest absolute Gasteiger partial charge is 0.364 e. The number of aromatic amines is 1. The Kier molecular flexibility index (Phi) is 3.44. The molecule has 17 heavy (non-hydrogen) atoms. The summed E-state index contributed by atoms with van der Waals surface area (Å²) in [5.74, 6) is -0.293. The Morgan fingerprint density at radius 1 is 1.35 bits per heavy atom. The molecule has 1 aromatic heterocycles. The van der Waals surface area contributed by atoms with Crippen LogP contribution in [0, 0.1) is 10.1 Å². The Morgan fingerprint density at radius 3 is 2.76 bits per heavy atom. The molecule has 0 aliphatic heterocycles. The molecule has 4 nitrogen and oxygen atoms in total. The SMILES string of the molecule is O=[N+]([O-])C[C@@H](c1cccc(Cl)c1)c1ccc[nH]1. The van der Waals surface area contributed by atoms with Gasteiger partial charge in [-0.1, -0.05) is 23.7 Å². The predicted octanol–water partition coefficient (Wildman–Crippen LogP) is 3.08. The van der Waals surface area contributed by atoms with E-state index in [1.54, 1.807) is 24.4 Å². The number of benzene rings is 1. The van der Waals surface area contributed by atoms with Gasteiger partial charge < -0.3 is 4.98 Å². The predicted molar refractivity (Wildman–Crippen MR) is 65.9 cm³/mol. The van der Waals surface area contributed by atoms with Gasteiger partial charge in [0, 0.05) is 21.8 Å². The molecule has 0 fully saturated rings. The number of H-pyrrole nitrogens is 1. The van der Waals surface area contributed by atoms with Gasteiger partial charge in [0.25, 0.3) is 0 Å². The monoisotopic (exact) mass is 250 g/mol. The summed E-state index contributed by atoms with van der Waals surface area (Å²) in [4.78, 5) is 13.4. The van der Waals surface area contributed by atoms with Gasteiger partial charge in [-0.25, -0.2) is 0 Å². The third kappa shape index (κ3) is 2.85. The molecule has 0 unspecified atom stereocenters. The van der Waals surface area contributed by atoms with E-state index >= 15 is 0 Å². The lowest BCUT2D eigenvalue weighted by Crippen LogP contribution is -2.14. The Bertz CT molecular complexity index is 511. The molecule has 0 saturated heterocycles. The van der Waals surface area contributed by atoms with Crippen LogP contribution in [0.1, 0.15) is 17.2 Å². The van der Waals surface area contributed by atoms with Crippen LogP contribution in [0.2, 0.25) is 5.02 Å². The van der Waals surface area contributed by atoms with Gasteiger partial charge >= 0.3 is 0 Å². The van der Waals surface area contributed by atoms with E-state index in [2.05, 4.69) is 4.98 Å². The molecule has 2 aromatic rings. The second-order valence-electron chi connectivity index (χ2n) is 3.75. The highest BCUT2D eigenvalue weighted by atomic mass is 35.5. The molecule has 1 atom stereocenters. The summed E-state index contributed by atoms with van der Waals surface area (Å²) < 4.78 is 0. The molecular weight excluding hydrogens is 240 g/mol. The van der Waals surface area contributed by atoms with Crippen LogP contribution in [0.3, 0.4) is 0 Å². The Morgan fingerprint density at radius 2 is 2.18 bits per heavy atom. The van der Waals surface area contributed by atoms with Crippen molar-refractivity contribution < 1.29 is 4.92 Å². The number of nitrogens with zero attached hydrogens (tertiary/aromatic N) is 1. The lowest BCUT2D eigenvalue weighted by Gasteiger charge is -2.12. The molecular formula is C12H11ClN2O2. The maximum Gasteiger partial charge on any atom is 0.216 e. The van der Waals surface area contributed by atoms with Crippen molar-refractivity contribution in [2.45, 2.75) is 5.92 Å². The number of nitrogens with one attached hydrogen (secondary N) is 1. The van der Waals surface area contributed by atoms with Gasteiger partial charge in [0.15, 0.2) is 0 Å². The molecule has 1 heterocycles. The number of rotatable bonds is 4. The minimum atomic E-state index is -0.313. The molecule has 0 aliphatic carbocycles. The minimum Gasteiger partial charge on any atom is -0.364 e. The summed E-state index contributed by atoms with van der Waals surface area (Å²) in [7, 11) is 0. The van der Waals surface area contributed by atoms with E-state index in [1.807, 2.05) is 18.2 Å². The normalized spacial score (nSPS) is 12.3. The Hall–Kier alpha value is -1.81. The summed E-state index contributed by atoms with van der Waals surface area (Å²) in [5.41, 5.74) is 1.67. The summed E-state index contributed by atoms with van der Waals surface area (Å²) in [6.45, 7) is -0.152. The van der Waals surface area contributed by atoms with Gasteiger partial charge in [0.2, 0.25) is 6.54 Å². The van der Waals surface area contributed by atoms with Crippen molar-refractivity contribution in [3.8, 4) is 0 Å². The van der Waals surface area contributed by atoms with Crippen molar-refractivity contribution in [1.82, 2.24) is 4.98 Å². The second kappa shape index (κ2) is 5.01. The van der Waals surface area contributed by atoms with Crippen LogP contribution < -0.4 is 0 Å². The molecule has 0 bridgehead atoms. The van der Waals surface area contributed by atoms with Crippen LogP contribution in [0.5, 0.6) is 0 Å². The molecule has 1 aromatic carbocycles. The number of halogens is 1. The molecule has 2 rings (SSSR count). The number of nitro groups is 1. The van der Waals surface area contributed by atoms with Crippen molar-refractivity contribution in [3.63, 3.8) is 0 Å². The fourth-order valence-electron chi connectivity index (χ4n) is 1.82. The van der Waals surface area contributed by atoms with Crippen molar-refractivity contribution in [2.75, 3.05) is 6.54 Å². The van der Waals surface area contributed by atoms with Gasteiger partial charge in [-0.3, -0.25) is 10.1 Å². The van der Waals surface area contributed by atoms with Crippen molar-refractivity contribution in [3.05, 3.63) is 69.0 Å². The zero-order valence-corrected chi connectivity index (χ0v) is 9.72. The van der Waals surface area contributed by atoms with E-state index in [-0.39, 0.29) is 17.4 Å². The smallest absolute Gasteiger partial charge is 0.216 e. The quantitative estimate of drug-likeness (QED) is 0.670. The number of hydrogen-bond donors (Lipinski definition) is 1. The standard InChI is InChI=1S/C12H11ClN2O2/c13-10-4-1-3-9(7-10)11(8-15(16)17)12-5-2-6-14-12/h1-7,11,14H,8H2/t11-/m0/s1. The van der Waals surface area contributed by atoms with Gasteiger partial charge in [-0.2, -0.15) is 0 Å². The third-order valence-corrected chi connectivity index (χ3v) is 2.82. The Labute approximate surface area is 103 Å². The maximum absolute atomic E-state index is 10.7. The first-order valence-corrected chi connectivity index (χ1v) is 5.55. The van der Waals surface area contributed by atoms with E-state index in [1.165, 1.54) is 0 Å². The Balaban J connectivity index is 2.36. The fraction of sp³-hybridized carbons (Fsp3) is 0.167. The molecule has 0 amide bonds. The average Bonchev–Trinajstić information content (AvgIpc) is 2.79. The van der Waals surface area contributed by atoms with Gasteiger partial charge in [0.05, 0.1) is 5.92 Å². The van der Waals surface area contributed by atoms with Crippen LogP contribution in [0.15, 0.2) is 42.6 Å². The van der Waals surface area contributed by atoms with Gasteiger partial charge in [-0.15, -0.1) is 0 Å². The first-order chi connectivity index (χ1) is 8.16. The van der Waals surface area contributed by atoms with Crippen LogP contribution in [-0.4, -0.2) is 16.5 Å². The minimum absolute atomic E-state index is 0.152. The van der Waals surface area contributed by atoms with E-state index < -0.39 is 0 Å². The van der Waals surface area contributed by atoms with Crippen LogP contribution in [-0.2, 0) is 0 Å². The highest BCUT2D eigenvalue weighted by molar-refractivity contribution is 6.30. The summed E-state index contributed by atoms with van der Waals surface area (Å²) in [5, 5.41) is 11.3. The summed E-state index contributed by atoms with van der Waals surface area (Å²) in [6.07, 6.45) is 1.76. The van der Waals surface area contributed by atoms with E-state index in [4.69, 9.17) is 11.6 Å². The van der Waals surface area contributed by atoms with Crippen LogP contribution in [0.4, 0.5) is 0 Å². The lowest BCUT2D eigenvalue weighted by atomic mass is 9.96. The van der Waals surface area contributed by atoms with E-state index in [0.717, 1.165) is 11.3 Å². The number of hydrogen-bond acceptors (Lipinski definition) is 2. The average molecular weight is 251 g/mol. The van der Waals surface area contributed by atoms with Crippen LogP contribution in [0.25, 0.3) is 0 Å². The first-order valence-electron chi connectivity index (χ1n) is 5.17. The van der Waals surface area contributed by atoms with Crippen molar-refractivity contribution in [2.24, 2.45) is 0 Å². The first kappa shape index (κ1) is 11.7. The molecule has 0 saturated carbocycles. The molecule has 1 N–H and O–H groups in total. The van der Waals surface area contributed by atoms with Crippen LogP contribution >= 0.6 is 11.6 Å². The highest BCUT2D eigenvalue weighted by Gasteiger charge is 2.20. The van der Waals surface area contributed by atoms with E-state index in [0.29, 0.717) is 5.02 Å². The maximum atomic E-state index is 10.7. The van der Waals surface area contributed by atoms with Crippen molar-refractivity contribution in [1.29, 1.82) is 0 Å².